The minimum absolute atomic E-state index is 0.550. The molecule has 0 amide bonds. The van der Waals surface area contributed by atoms with Gasteiger partial charge >= 0.3 is 0 Å². The number of aliphatic hydroxyl groups excluding tert-OH is 1. The highest BCUT2D eigenvalue weighted by atomic mass is 32.1. The summed E-state index contributed by atoms with van der Waals surface area (Å²) in [6, 6.07) is 0. The summed E-state index contributed by atoms with van der Waals surface area (Å²) in [5, 5.41) is 12.2. The van der Waals surface area contributed by atoms with Crippen molar-refractivity contribution in [1.29, 1.82) is 0 Å². The van der Waals surface area contributed by atoms with Gasteiger partial charge in [0.05, 0.1) is 23.2 Å². The first-order chi connectivity index (χ1) is 6.81. The van der Waals surface area contributed by atoms with Gasteiger partial charge in [-0.05, 0) is 0 Å². The second-order valence-corrected chi connectivity index (χ2v) is 4.29. The summed E-state index contributed by atoms with van der Waals surface area (Å²) in [4.78, 5) is 8.76. The van der Waals surface area contributed by atoms with Crippen LogP contribution < -0.4 is 4.74 Å². The van der Waals surface area contributed by atoms with Crippen LogP contribution >= 0.6 is 22.7 Å². The molecule has 0 saturated carbocycles. The summed E-state index contributed by atoms with van der Waals surface area (Å²) in [7, 11) is 1.55. The van der Waals surface area contributed by atoms with E-state index in [2.05, 4.69) is 9.97 Å². The first kappa shape index (κ1) is 9.57. The Morgan fingerprint density at radius 1 is 1.50 bits per heavy atom. The summed E-state index contributed by atoms with van der Waals surface area (Å²) >= 11 is 2.78. The average molecular weight is 228 g/mol. The zero-order valence-corrected chi connectivity index (χ0v) is 9.01. The number of methoxy groups -OCH3 is 1. The largest absolute Gasteiger partial charge is 0.473 e. The number of thiazole rings is 2. The van der Waals surface area contributed by atoms with Gasteiger partial charge in [-0.15, -0.1) is 11.3 Å². The zero-order valence-electron chi connectivity index (χ0n) is 7.38. The molecule has 6 heteroatoms. The Morgan fingerprint density at radius 2 is 2.36 bits per heavy atom. The van der Waals surface area contributed by atoms with E-state index in [-0.39, 0.29) is 0 Å². The number of hydrogen-bond donors (Lipinski definition) is 1. The van der Waals surface area contributed by atoms with Crippen molar-refractivity contribution in [2.24, 2.45) is 0 Å². The van der Waals surface area contributed by atoms with Gasteiger partial charge in [0, 0.05) is 11.6 Å². The smallest absolute Gasteiger partial charge is 0.273 e. The van der Waals surface area contributed by atoms with Crippen LogP contribution in [0, 0.1) is 0 Å². The molecule has 2 aromatic heterocycles. The van der Waals surface area contributed by atoms with Gasteiger partial charge in [0.15, 0.2) is 0 Å². The number of rotatable bonds is 3. The maximum Gasteiger partial charge on any atom is 0.273 e. The molecule has 2 rings (SSSR count). The molecule has 0 saturated heterocycles. The topological polar surface area (TPSA) is 55.2 Å². The molecule has 74 valence electrons. The molecule has 2 heterocycles. The van der Waals surface area contributed by atoms with Crippen molar-refractivity contribution in [2.75, 3.05) is 7.11 Å². The minimum Gasteiger partial charge on any atom is -0.473 e. The van der Waals surface area contributed by atoms with Crippen molar-refractivity contribution in [3.63, 3.8) is 0 Å². The van der Waals surface area contributed by atoms with Crippen LogP contribution in [0.2, 0.25) is 0 Å². The molecule has 0 aliphatic rings. The van der Waals surface area contributed by atoms with Crippen LogP contribution in [0.3, 0.4) is 0 Å². The number of ether oxygens (including phenoxy) is 1. The SMILES string of the molecule is COc1ncc(C(O)c2cscn2)s1. The van der Waals surface area contributed by atoms with E-state index >= 15 is 0 Å². The summed E-state index contributed by atoms with van der Waals surface area (Å²) in [5.41, 5.74) is 2.35. The van der Waals surface area contributed by atoms with E-state index in [0.717, 1.165) is 4.88 Å². The van der Waals surface area contributed by atoms with Crippen molar-refractivity contribution in [2.45, 2.75) is 6.10 Å². The van der Waals surface area contributed by atoms with Gasteiger partial charge in [0.25, 0.3) is 5.19 Å². The van der Waals surface area contributed by atoms with Gasteiger partial charge in [0.1, 0.15) is 6.10 Å². The maximum atomic E-state index is 9.85. The van der Waals surface area contributed by atoms with E-state index in [1.54, 1.807) is 18.8 Å². The third-order valence-electron chi connectivity index (χ3n) is 1.68. The Morgan fingerprint density at radius 3 is 2.93 bits per heavy atom. The predicted octanol–water partition coefficient (Wildman–Crippen LogP) is 1.69. The summed E-state index contributed by atoms with van der Waals surface area (Å²) in [6.45, 7) is 0. The molecule has 0 aromatic carbocycles. The third-order valence-corrected chi connectivity index (χ3v) is 3.29. The molecule has 0 fully saturated rings. The van der Waals surface area contributed by atoms with E-state index in [0.29, 0.717) is 10.9 Å². The Balaban J connectivity index is 2.23. The van der Waals surface area contributed by atoms with E-state index in [1.165, 1.54) is 22.7 Å². The second-order valence-electron chi connectivity index (χ2n) is 2.55. The molecule has 0 aliphatic heterocycles. The fraction of sp³-hybridized carbons (Fsp3) is 0.250. The molecule has 1 N–H and O–H groups in total. The average Bonchev–Trinajstić information content (AvgIpc) is 2.88. The molecule has 1 unspecified atom stereocenters. The Kier molecular flexibility index (Phi) is 2.76. The Bertz CT molecular complexity index is 399. The zero-order chi connectivity index (χ0) is 9.97. The van der Waals surface area contributed by atoms with Crippen molar-refractivity contribution < 1.29 is 9.84 Å². The lowest BCUT2D eigenvalue weighted by Gasteiger charge is -2.02. The molecule has 0 spiro atoms. The molecule has 0 aliphatic carbocycles. The highest BCUT2D eigenvalue weighted by Crippen LogP contribution is 2.29. The number of aromatic nitrogens is 2. The lowest BCUT2D eigenvalue weighted by Crippen LogP contribution is -1.96. The van der Waals surface area contributed by atoms with Crippen LogP contribution in [0.4, 0.5) is 0 Å². The molecule has 4 nitrogen and oxygen atoms in total. The lowest BCUT2D eigenvalue weighted by molar-refractivity contribution is 0.219. The van der Waals surface area contributed by atoms with Crippen molar-refractivity contribution in [3.8, 4) is 5.19 Å². The second kappa shape index (κ2) is 4.04. The standard InChI is InChI=1S/C8H8N2O2S2/c1-12-8-9-2-6(14-8)7(11)5-3-13-4-10-5/h2-4,7,11H,1H3. The molecule has 2 aromatic rings. The normalized spacial score (nSPS) is 12.7. The number of nitrogens with zero attached hydrogens (tertiary/aromatic N) is 2. The number of hydrogen-bond acceptors (Lipinski definition) is 6. The molecule has 0 radical (unpaired) electrons. The van der Waals surface area contributed by atoms with Gasteiger partial charge in [-0.25, -0.2) is 9.97 Å². The molecule has 0 bridgehead atoms. The van der Waals surface area contributed by atoms with Gasteiger partial charge in [-0.2, -0.15) is 0 Å². The first-order valence-corrected chi connectivity index (χ1v) is 5.63. The van der Waals surface area contributed by atoms with Crippen LogP contribution in [0.25, 0.3) is 0 Å². The van der Waals surface area contributed by atoms with Crippen LogP contribution in [0.5, 0.6) is 5.19 Å². The predicted molar refractivity (Wildman–Crippen MR) is 54.8 cm³/mol. The van der Waals surface area contributed by atoms with E-state index in [4.69, 9.17) is 4.74 Å². The molecule has 14 heavy (non-hydrogen) atoms. The van der Waals surface area contributed by atoms with Gasteiger partial charge < -0.3 is 9.84 Å². The maximum absolute atomic E-state index is 9.85. The number of aliphatic hydroxyl groups is 1. The summed E-state index contributed by atoms with van der Waals surface area (Å²) in [5.74, 6) is 0. The fourth-order valence-corrected chi connectivity index (χ4v) is 2.29. The molecular weight excluding hydrogens is 220 g/mol. The van der Waals surface area contributed by atoms with Crippen LogP contribution in [-0.2, 0) is 0 Å². The monoisotopic (exact) mass is 228 g/mol. The lowest BCUT2D eigenvalue weighted by atomic mass is 10.2. The van der Waals surface area contributed by atoms with Crippen LogP contribution in [0.15, 0.2) is 17.1 Å². The minimum atomic E-state index is -0.692. The van der Waals surface area contributed by atoms with Crippen molar-refractivity contribution in [1.82, 2.24) is 9.97 Å². The van der Waals surface area contributed by atoms with E-state index < -0.39 is 6.10 Å². The van der Waals surface area contributed by atoms with Crippen LogP contribution in [-0.4, -0.2) is 22.2 Å². The quantitative estimate of drug-likeness (QED) is 0.868. The van der Waals surface area contributed by atoms with Crippen molar-refractivity contribution in [3.05, 3.63) is 27.7 Å². The highest BCUT2D eigenvalue weighted by Gasteiger charge is 2.15. The van der Waals surface area contributed by atoms with Crippen LogP contribution in [0.1, 0.15) is 16.7 Å². The summed E-state index contributed by atoms with van der Waals surface area (Å²) in [6.07, 6.45) is 0.913. The van der Waals surface area contributed by atoms with Gasteiger partial charge in [0.2, 0.25) is 0 Å². The Hall–Kier alpha value is -0.980. The Labute approximate surface area is 88.8 Å². The molecular formula is C8H8N2O2S2. The highest BCUT2D eigenvalue weighted by molar-refractivity contribution is 7.13. The van der Waals surface area contributed by atoms with E-state index in [9.17, 15) is 5.11 Å². The fourth-order valence-electron chi connectivity index (χ4n) is 0.993. The van der Waals surface area contributed by atoms with Crippen molar-refractivity contribution >= 4 is 22.7 Å². The third kappa shape index (κ3) is 1.77. The molecule has 1 atom stereocenters. The van der Waals surface area contributed by atoms with Gasteiger partial charge in [-0.1, -0.05) is 11.3 Å². The first-order valence-electron chi connectivity index (χ1n) is 3.87. The van der Waals surface area contributed by atoms with Gasteiger partial charge in [-0.3, -0.25) is 0 Å². The van der Waals surface area contributed by atoms with E-state index in [1.807, 2.05) is 5.38 Å². The summed E-state index contributed by atoms with van der Waals surface area (Å²) < 4.78 is 4.94.